The Kier molecular flexibility index (Phi) is 3.62. The highest BCUT2D eigenvalue weighted by atomic mass is 16.3. The van der Waals surface area contributed by atoms with Gasteiger partial charge in [-0.15, -0.1) is 11.3 Å². The van der Waals surface area contributed by atoms with Gasteiger partial charge in [0, 0.05) is 11.8 Å². The lowest BCUT2D eigenvalue weighted by Crippen LogP contribution is -1.79. The van der Waals surface area contributed by atoms with Crippen LogP contribution in [-0.4, -0.2) is 6.21 Å². The zero-order valence-electron chi connectivity index (χ0n) is 9.58. The molecule has 2 aromatic carbocycles. The molecule has 0 spiro atoms. The molecule has 0 aliphatic heterocycles. The van der Waals surface area contributed by atoms with Gasteiger partial charge in [-0.05, 0) is 41.1 Å². The second-order valence-electron chi connectivity index (χ2n) is 3.64. The van der Waals surface area contributed by atoms with Gasteiger partial charge < -0.3 is 0 Å². The number of nitroso groups, excluding NO2 is 1. The molecule has 0 bridgehead atoms. The highest BCUT2D eigenvalue weighted by Crippen LogP contribution is 2.15. The first-order chi connectivity index (χ1) is 8.81. The van der Waals surface area contributed by atoms with E-state index in [0.717, 1.165) is 16.8 Å². The first kappa shape index (κ1) is 11.7. The molecule has 0 saturated heterocycles. The Labute approximate surface area is 105 Å². The fourth-order valence-corrected chi connectivity index (χ4v) is 1.49. The molecule has 0 N–H and O–H groups in total. The van der Waals surface area contributed by atoms with Gasteiger partial charge in [0.15, 0.2) is 0 Å². The van der Waals surface area contributed by atoms with Gasteiger partial charge in [-0.3, -0.25) is 4.99 Å². The van der Waals surface area contributed by atoms with Crippen molar-refractivity contribution in [1.82, 2.24) is 0 Å². The number of hydrogen-bond donors (Lipinski definition) is 0. The van der Waals surface area contributed by atoms with Crippen LogP contribution in [0.15, 0.2) is 58.7 Å². The third kappa shape index (κ3) is 2.89. The largest absolute Gasteiger partial charge is 0.256 e. The predicted octanol–water partition coefficient (Wildman–Crippen LogP) is 3.82. The predicted molar refractivity (Wildman–Crippen MR) is 73.5 cm³/mol. The van der Waals surface area contributed by atoms with E-state index in [2.05, 4.69) is 16.1 Å². The lowest BCUT2D eigenvalue weighted by molar-refractivity contribution is 1.47. The molecule has 3 heteroatoms. The summed E-state index contributed by atoms with van der Waals surface area (Å²) in [5.41, 5.74) is 2.76. The van der Waals surface area contributed by atoms with Crippen molar-refractivity contribution < 1.29 is 0 Å². The van der Waals surface area contributed by atoms with E-state index < -0.39 is 0 Å². The highest BCUT2D eigenvalue weighted by molar-refractivity contribution is 5.83. The van der Waals surface area contributed by atoms with Crippen molar-refractivity contribution in [1.29, 1.82) is 0 Å². The summed E-state index contributed by atoms with van der Waals surface area (Å²) in [6, 6.07) is 14.3. The summed E-state index contributed by atoms with van der Waals surface area (Å²) in [5, 5.41) is 2.88. The van der Waals surface area contributed by atoms with Crippen molar-refractivity contribution in [3.8, 4) is 12.3 Å². The summed E-state index contributed by atoms with van der Waals surface area (Å²) in [7, 11) is 0. The average Bonchev–Trinajstić information content (AvgIpc) is 2.45. The molecule has 0 fully saturated rings. The van der Waals surface area contributed by atoms with Crippen molar-refractivity contribution in [2.75, 3.05) is 0 Å². The minimum absolute atomic E-state index is 0.385. The monoisotopic (exact) mass is 234 g/mol. The van der Waals surface area contributed by atoms with Gasteiger partial charge in [-0.25, -0.2) is 0 Å². The quantitative estimate of drug-likeness (QED) is 0.452. The molecular formula is C15H10N2O. The molecule has 0 unspecified atom stereocenters. The topological polar surface area (TPSA) is 41.8 Å². The minimum atomic E-state index is 0.385. The Morgan fingerprint density at radius 3 is 2.61 bits per heavy atom. The first-order valence-electron chi connectivity index (χ1n) is 5.36. The van der Waals surface area contributed by atoms with Crippen molar-refractivity contribution in [2.45, 2.75) is 0 Å². The van der Waals surface area contributed by atoms with Gasteiger partial charge >= 0.3 is 0 Å². The van der Waals surface area contributed by atoms with E-state index in [4.69, 9.17) is 6.42 Å². The molecular weight excluding hydrogens is 224 g/mol. The van der Waals surface area contributed by atoms with E-state index in [0.29, 0.717) is 5.69 Å². The maximum absolute atomic E-state index is 10.4. The third-order valence-corrected chi connectivity index (χ3v) is 2.35. The van der Waals surface area contributed by atoms with Gasteiger partial charge in [0.1, 0.15) is 5.69 Å². The van der Waals surface area contributed by atoms with Crippen LogP contribution in [0.5, 0.6) is 0 Å². The van der Waals surface area contributed by atoms with Crippen molar-refractivity contribution in [3.05, 3.63) is 64.6 Å². The van der Waals surface area contributed by atoms with E-state index in [1.807, 2.05) is 30.3 Å². The Balaban J connectivity index is 2.24. The van der Waals surface area contributed by atoms with E-state index in [1.165, 1.54) is 0 Å². The van der Waals surface area contributed by atoms with Crippen LogP contribution in [0.4, 0.5) is 11.4 Å². The van der Waals surface area contributed by atoms with Crippen LogP contribution in [0.3, 0.4) is 0 Å². The number of benzene rings is 2. The number of aliphatic imine (C=N–C) groups is 1. The molecule has 0 aromatic heterocycles. The maximum atomic E-state index is 10.4. The molecule has 3 nitrogen and oxygen atoms in total. The molecule has 0 aliphatic carbocycles. The summed E-state index contributed by atoms with van der Waals surface area (Å²) >= 11 is 0. The highest BCUT2D eigenvalue weighted by Gasteiger charge is 1.94. The van der Waals surface area contributed by atoms with Crippen molar-refractivity contribution >= 4 is 17.6 Å². The van der Waals surface area contributed by atoms with E-state index in [9.17, 15) is 4.91 Å². The molecule has 0 atom stereocenters. The SMILES string of the molecule is C#Cc1cccc(N=Cc2cccc(N=O)c2)c1. The summed E-state index contributed by atoms with van der Waals surface area (Å²) < 4.78 is 0. The minimum Gasteiger partial charge on any atom is -0.256 e. The van der Waals surface area contributed by atoms with Crippen LogP contribution in [0.1, 0.15) is 11.1 Å². The average molecular weight is 234 g/mol. The summed E-state index contributed by atoms with van der Waals surface area (Å²) in [5.74, 6) is 2.55. The molecule has 2 aromatic rings. The second-order valence-corrected chi connectivity index (χ2v) is 3.64. The summed E-state index contributed by atoms with van der Waals surface area (Å²) in [4.78, 5) is 14.7. The van der Waals surface area contributed by atoms with Crippen molar-refractivity contribution in [3.63, 3.8) is 0 Å². The fraction of sp³-hybridized carbons (Fsp3) is 0. The normalized spacial score (nSPS) is 10.2. The Morgan fingerprint density at radius 2 is 1.83 bits per heavy atom. The number of hydrogen-bond acceptors (Lipinski definition) is 3. The molecule has 0 saturated carbocycles. The van der Waals surface area contributed by atoms with Gasteiger partial charge in [0.2, 0.25) is 0 Å². The third-order valence-electron chi connectivity index (χ3n) is 2.35. The van der Waals surface area contributed by atoms with Gasteiger partial charge in [-0.2, -0.15) is 0 Å². The zero-order chi connectivity index (χ0) is 12.8. The molecule has 0 heterocycles. The molecule has 0 radical (unpaired) electrons. The van der Waals surface area contributed by atoms with Crippen LogP contribution in [0.2, 0.25) is 0 Å². The van der Waals surface area contributed by atoms with Crippen LogP contribution in [0, 0.1) is 17.3 Å². The number of terminal acetylenes is 1. The Morgan fingerprint density at radius 1 is 1.06 bits per heavy atom. The number of nitrogens with zero attached hydrogens (tertiary/aromatic N) is 2. The number of rotatable bonds is 3. The summed E-state index contributed by atoms with van der Waals surface area (Å²) in [6.07, 6.45) is 6.99. The Hall–Kier alpha value is -2.73. The van der Waals surface area contributed by atoms with Crippen molar-refractivity contribution in [2.24, 2.45) is 10.2 Å². The fourth-order valence-electron chi connectivity index (χ4n) is 1.49. The molecule has 0 aliphatic rings. The standard InChI is InChI=1S/C15H10N2O/c1-2-12-5-3-7-14(9-12)16-11-13-6-4-8-15(10-13)17-18/h1,3-11H. The van der Waals surface area contributed by atoms with Gasteiger partial charge in [-0.1, -0.05) is 24.1 Å². The lowest BCUT2D eigenvalue weighted by atomic mass is 10.2. The molecule has 2 rings (SSSR count). The Bertz CT molecular complexity index is 639. The van der Waals surface area contributed by atoms with E-state index in [1.54, 1.807) is 24.4 Å². The summed E-state index contributed by atoms with van der Waals surface area (Å²) in [6.45, 7) is 0. The van der Waals surface area contributed by atoms with Gasteiger partial charge in [0.25, 0.3) is 0 Å². The van der Waals surface area contributed by atoms with E-state index in [-0.39, 0.29) is 0 Å². The molecule has 18 heavy (non-hydrogen) atoms. The lowest BCUT2D eigenvalue weighted by Gasteiger charge is -1.96. The molecule has 0 amide bonds. The maximum Gasteiger partial charge on any atom is 0.108 e. The molecule has 86 valence electrons. The first-order valence-corrected chi connectivity index (χ1v) is 5.36. The van der Waals surface area contributed by atoms with Crippen LogP contribution in [-0.2, 0) is 0 Å². The zero-order valence-corrected chi connectivity index (χ0v) is 9.58. The second kappa shape index (κ2) is 5.55. The van der Waals surface area contributed by atoms with Crippen LogP contribution >= 0.6 is 0 Å². The smallest absolute Gasteiger partial charge is 0.108 e. The van der Waals surface area contributed by atoms with E-state index >= 15 is 0 Å². The van der Waals surface area contributed by atoms with Gasteiger partial charge in [0.05, 0.1) is 5.69 Å². The van der Waals surface area contributed by atoms with Crippen LogP contribution in [0.25, 0.3) is 0 Å². The van der Waals surface area contributed by atoms with Crippen LogP contribution < -0.4 is 0 Å².